The van der Waals surface area contributed by atoms with Crippen LogP contribution in [0.4, 0.5) is 5.69 Å². The van der Waals surface area contributed by atoms with Gasteiger partial charge in [-0.05, 0) is 55.7 Å². The fraction of sp³-hybridized carbons (Fsp3) is 0.286. The maximum Gasteiger partial charge on any atom is 0.287 e. The van der Waals surface area contributed by atoms with E-state index >= 15 is 0 Å². The van der Waals surface area contributed by atoms with Gasteiger partial charge in [0.05, 0.1) is 25.6 Å². The summed E-state index contributed by atoms with van der Waals surface area (Å²) in [6.07, 6.45) is 4.17. The average Bonchev–Trinajstić information content (AvgIpc) is 3.40. The molecule has 0 aliphatic carbocycles. The molecule has 2 amide bonds. The molecule has 0 fully saturated rings. The highest BCUT2D eigenvalue weighted by Crippen LogP contribution is 2.23. The van der Waals surface area contributed by atoms with E-state index in [1.165, 1.54) is 0 Å². The van der Waals surface area contributed by atoms with E-state index in [9.17, 15) is 9.59 Å². The van der Waals surface area contributed by atoms with Crippen LogP contribution in [-0.2, 0) is 19.5 Å². The first-order valence-electron chi connectivity index (χ1n) is 9.51. The lowest BCUT2D eigenvalue weighted by atomic mass is 10.1. The number of ether oxygens (including phenoxy) is 1. The lowest BCUT2D eigenvalue weighted by molar-refractivity contribution is 0.0932. The molecule has 0 radical (unpaired) electrons. The number of imidazole rings is 1. The Morgan fingerprint density at radius 3 is 2.72 bits per heavy atom. The number of fused-ring (bicyclic) bond motifs is 1. The van der Waals surface area contributed by atoms with Crippen LogP contribution in [0.25, 0.3) is 0 Å². The molecule has 29 heavy (non-hydrogen) atoms. The smallest absolute Gasteiger partial charge is 0.287 e. The second-order valence-corrected chi connectivity index (χ2v) is 6.78. The van der Waals surface area contributed by atoms with Gasteiger partial charge in [-0.15, -0.1) is 0 Å². The highest BCUT2D eigenvalue weighted by molar-refractivity contribution is 6.05. The van der Waals surface area contributed by atoms with Crippen LogP contribution in [0.15, 0.2) is 47.1 Å². The Morgan fingerprint density at radius 2 is 2.00 bits per heavy atom. The van der Waals surface area contributed by atoms with Crippen molar-refractivity contribution in [2.75, 3.05) is 12.4 Å². The Bertz CT molecular complexity index is 1010. The minimum atomic E-state index is -0.328. The number of carbonyl (C=O) groups excluding carboxylic acids is 2. The third-order valence-corrected chi connectivity index (χ3v) is 4.89. The fourth-order valence-corrected chi connectivity index (χ4v) is 3.42. The highest BCUT2D eigenvalue weighted by atomic mass is 16.5. The van der Waals surface area contributed by atoms with Crippen LogP contribution in [0.2, 0.25) is 0 Å². The van der Waals surface area contributed by atoms with Crippen molar-refractivity contribution in [3.8, 4) is 5.75 Å². The third-order valence-electron chi connectivity index (χ3n) is 4.89. The van der Waals surface area contributed by atoms with E-state index in [-0.39, 0.29) is 24.2 Å². The van der Waals surface area contributed by atoms with Crippen molar-refractivity contribution >= 4 is 17.5 Å². The largest absolute Gasteiger partial charge is 0.497 e. The quantitative estimate of drug-likeness (QED) is 0.670. The summed E-state index contributed by atoms with van der Waals surface area (Å²) in [5, 5.41) is 5.65. The van der Waals surface area contributed by atoms with Gasteiger partial charge in [-0.1, -0.05) is 0 Å². The van der Waals surface area contributed by atoms with Crippen molar-refractivity contribution in [3.05, 3.63) is 65.6 Å². The van der Waals surface area contributed by atoms with E-state index in [0.717, 1.165) is 18.5 Å². The molecule has 2 N–H and O–H groups in total. The van der Waals surface area contributed by atoms with Crippen LogP contribution in [0, 0.1) is 0 Å². The number of hydrogen-bond donors (Lipinski definition) is 2. The number of nitrogens with one attached hydrogen (secondary N) is 2. The van der Waals surface area contributed by atoms with Crippen LogP contribution in [0.3, 0.4) is 0 Å². The molecule has 1 aliphatic rings. The van der Waals surface area contributed by atoms with E-state index in [4.69, 9.17) is 9.15 Å². The second-order valence-electron chi connectivity index (χ2n) is 6.78. The number of methoxy groups -OCH3 is 1. The van der Waals surface area contributed by atoms with Crippen LogP contribution < -0.4 is 15.4 Å². The molecule has 1 aliphatic heterocycles. The van der Waals surface area contributed by atoms with Crippen LogP contribution in [0.1, 0.15) is 45.4 Å². The van der Waals surface area contributed by atoms with Crippen molar-refractivity contribution in [1.82, 2.24) is 14.9 Å². The van der Waals surface area contributed by atoms with Crippen LogP contribution >= 0.6 is 0 Å². The fourth-order valence-electron chi connectivity index (χ4n) is 3.42. The van der Waals surface area contributed by atoms with Crippen molar-refractivity contribution in [2.45, 2.75) is 32.4 Å². The van der Waals surface area contributed by atoms with E-state index in [2.05, 4.69) is 15.6 Å². The number of furan rings is 1. The molecule has 0 saturated carbocycles. The van der Waals surface area contributed by atoms with Gasteiger partial charge in [-0.2, -0.15) is 0 Å². The topological polar surface area (TPSA) is 98.4 Å². The Morgan fingerprint density at radius 1 is 1.17 bits per heavy atom. The van der Waals surface area contributed by atoms with Gasteiger partial charge in [-0.25, -0.2) is 4.98 Å². The van der Waals surface area contributed by atoms with Gasteiger partial charge in [0.2, 0.25) is 0 Å². The van der Waals surface area contributed by atoms with Gasteiger partial charge in [-0.3, -0.25) is 9.59 Å². The Balaban J connectivity index is 1.54. The first-order chi connectivity index (χ1) is 14.2. The van der Waals surface area contributed by atoms with Crippen LogP contribution in [0.5, 0.6) is 5.75 Å². The molecule has 150 valence electrons. The molecule has 1 aromatic carbocycles. The average molecular weight is 394 g/mol. The molecule has 0 bridgehead atoms. The molecule has 8 nitrogen and oxygen atoms in total. The summed E-state index contributed by atoms with van der Waals surface area (Å²) in [6, 6.07) is 10.6. The van der Waals surface area contributed by atoms with Gasteiger partial charge >= 0.3 is 0 Å². The van der Waals surface area contributed by atoms with Crippen molar-refractivity contribution in [1.29, 1.82) is 0 Å². The van der Waals surface area contributed by atoms with Crippen molar-refractivity contribution in [3.63, 3.8) is 0 Å². The first kappa shape index (κ1) is 18.8. The van der Waals surface area contributed by atoms with Gasteiger partial charge in [0.1, 0.15) is 11.5 Å². The third kappa shape index (κ3) is 4.01. The standard InChI is InChI=1S/C21H22N4O4/c1-28-15-9-7-14(8-10-15)23-20(26)18-17-6-2-3-11-25(17)19(24-18)21(27)22-13-16-5-4-12-29-16/h4-5,7-10,12H,2-3,6,11,13H2,1H3,(H,22,27)(H,23,26). The zero-order valence-corrected chi connectivity index (χ0v) is 16.1. The lowest BCUT2D eigenvalue weighted by Crippen LogP contribution is -2.27. The summed E-state index contributed by atoms with van der Waals surface area (Å²) < 4.78 is 12.2. The molecule has 8 heteroatoms. The molecule has 4 rings (SSSR count). The van der Waals surface area contributed by atoms with Crippen molar-refractivity contribution in [2.24, 2.45) is 0 Å². The molecule has 3 heterocycles. The SMILES string of the molecule is COc1ccc(NC(=O)c2nc(C(=O)NCc3ccco3)n3c2CCCC3)cc1. The summed E-state index contributed by atoms with van der Waals surface area (Å²) in [5.41, 5.74) is 1.73. The number of anilines is 1. The minimum absolute atomic E-state index is 0.256. The zero-order chi connectivity index (χ0) is 20.2. The number of amides is 2. The summed E-state index contributed by atoms with van der Waals surface area (Å²) in [4.78, 5) is 30.0. The maximum atomic E-state index is 12.9. The summed E-state index contributed by atoms with van der Waals surface area (Å²) in [5.74, 6) is 0.962. The van der Waals surface area contributed by atoms with E-state index in [1.54, 1.807) is 49.8 Å². The Labute approximate surface area is 167 Å². The first-order valence-corrected chi connectivity index (χ1v) is 9.51. The molecule has 0 saturated heterocycles. The van der Waals surface area contributed by atoms with Crippen LogP contribution in [-0.4, -0.2) is 28.5 Å². The molecular formula is C21H22N4O4. The Hall–Kier alpha value is -3.55. The highest BCUT2D eigenvalue weighted by Gasteiger charge is 2.27. The van der Waals surface area contributed by atoms with E-state index in [0.29, 0.717) is 35.9 Å². The molecule has 0 spiro atoms. The molecule has 0 unspecified atom stereocenters. The van der Waals surface area contributed by atoms with E-state index < -0.39 is 0 Å². The minimum Gasteiger partial charge on any atom is -0.497 e. The molecule has 2 aromatic heterocycles. The number of rotatable bonds is 6. The van der Waals surface area contributed by atoms with Gasteiger partial charge < -0.3 is 24.4 Å². The second kappa shape index (κ2) is 8.22. The Kier molecular flexibility index (Phi) is 5.33. The summed E-state index contributed by atoms with van der Waals surface area (Å²) in [7, 11) is 1.59. The maximum absolute atomic E-state index is 12.9. The van der Waals surface area contributed by atoms with Gasteiger partial charge in [0.15, 0.2) is 11.5 Å². The normalized spacial score (nSPS) is 12.9. The molecular weight excluding hydrogens is 372 g/mol. The van der Waals surface area contributed by atoms with Gasteiger partial charge in [0.25, 0.3) is 11.8 Å². The van der Waals surface area contributed by atoms with Gasteiger partial charge in [0, 0.05) is 12.2 Å². The summed E-state index contributed by atoms with van der Waals surface area (Å²) in [6.45, 7) is 0.934. The lowest BCUT2D eigenvalue weighted by Gasteiger charge is -2.17. The number of carbonyl (C=O) groups is 2. The van der Waals surface area contributed by atoms with Crippen molar-refractivity contribution < 1.29 is 18.7 Å². The predicted octanol–water partition coefficient (Wildman–Crippen LogP) is 3.00. The number of benzene rings is 1. The zero-order valence-electron chi connectivity index (χ0n) is 16.1. The predicted molar refractivity (Wildman–Crippen MR) is 106 cm³/mol. The molecule has 0 atom stereocenters. The number of nitrogens with zero attached hydrogens (tertiary/aromatic N) is 2. The summed E-state index contributed by atoms with van der Waals surface area (Å²) >= 11 is 0. The number of hydrogen-bond acceptors (Lipinski definition) is 5. The monoisotopic (exact) mass is 394 g/mol. The van der Waals surface area contributed by atoms with E-state index in [1.807, 2.05) is 4.57 Å². The number of aromatic nitrogens is 2. The molecule has 3 aromatic rings.